The van der Waals surface area contributed by atoms with Gasteiger partial charge in [0.2, 0.25) is 23.6 Å². The number of amides is 4. The molecule has 5 atom stereocenters. The third-order valence-corrected chi connectivity index (χ3v) is 8.88. The van der Waals surface area contributed by atoms with E-state index in [0.29, 0.717) is 38.8 Å². The Labute approximate surface area is 281 Å². The minimum Gasteiger partial charge on any atom is -0.549 e. The number of para-hydroxylation sites is 1. The summed E-state index contributed by atoms with van der Waals surface area (Å²) in [6, 6.07) is 3.95. The zero-order valence-corrected chi connectivity index (χ0v) is 27.3. The molecule has 46 heavy (non-hydrogen) atoms. The molecular weight excluding hydrogens is 587 g/mol. The number of piperidine rings is 1. The number of nitrogens with one attached hydrogen (secondary N) is 4. The average Bonchev–Trinajstić information content (AvgIpc) is 3.40. The van der Waals surface area contributed by atoms with Crippen LogP contribution in [-0.2, 0) is 30.4 Å². The molecule has 2 saturated heterocycles. The van der Waals surface area contributed by atoms with Crippen LogP contribution >= 0.6 is 0 Å². The quantitative estimate of drug-likeness (QED) is 0.139. The van der Waals surface area contributed by atoms with Gasteiger partial charge in [0.25, 0.3) is 0 Å². The summed E-state index contributed by atoms with van der Waals surface area (Å²) in [4.78, 5) is 73.3. The van der Waals surface area contributed by atoms with Crippen molar-refractivity contribution >= 4 is 40.5 Å². The van der Waals surface area contributed by atoms with E-state index in [4.69, 9.17) is 4.84 Å². The number of rotatable bonds is 12. The molecule has 0 saturated carbocycles. The van der Waals surface area contributed by atoms with E-state index in [-0.39, 0.29) is 50.1 Å². The van der Waals surface area contributed by atoms with Crippen molar-refractivity contribution in [1.82, 2.24) is 30.9 Å². The zero-order chi connectivity index (χ0) is 32.5. The SMILES string of the molecule is CCC(C)[C@@H]1NC(=O)C(Cc2cn(OC)c3ccccc23)NC(=O)[C@H](CCCCNCC(=O)[O-])NC(=O)[C@H]2CCCCN2C1=O.[Li+]. The van der Waals surface area contributed by atoms with Gasteiger partial charge < -0.3 is 40.9 Å². The van der Waals surface area contributed by atoms with Crippen molar-refractivity contribution in [2.45, 2.75) is 89.4 Å². The Morgan fingerprint density at radius 1 is 1.04 bits per heavy atom. The average molecular weight is 633 g/mol. The number of carboxylic acids is 1. The van der Waals surface area contributed by atoms with Gasteiger partial charge in [-0.3, -0.25) is 19.2 Å². The summed E-state index contributed by atoms with van der Waals surface area (Å²) in [5.74, 6) is -3.10. The summed E-state index contributed by atoms with van der Waals surface area (Å²) in [5.41, 5.74) is 1.57. The monoisotopic (exact) mass is 632 g/mol. The summed E-state index contributed by atoms with van der Waals surface area (Å²) < 4.78 is 1.60. The second-order valence-electron chi connectivity index (χ2n) is 12.0. The van der Waals surface area contributed by atoms with E-state index in [9.17, 15) is 29.1 Å². The maximum Gasteiger partial charge on any atom is 1.00 e. The van der Waals surface area contributed by atoms with E-state index < -0.39 is 47.9 Å². The van der Waals surface area contributed by atoms with Crippen LogP contribution in [0.3, 0.4) is 0 Å². The number of fused-ring (bicyclic) bond motifs is 2. The van der Waals surface area contributed by atoms with Gasteiger partial charge in [0.1, 0.15) is 31.3 Å². The van der Waals surface area contributed by atoms with Gasteiger partial charge in [-0.15, -0.1) is 0 Å². The molecule has 0 spiro atoms. The van der Waals surface area contributed by atoms with Crippen molar-refractivity contribution in [1.29, 1.82) is 0 Å². The van der Waals surface area contributed by atoms with Gasteiger partial charge >= 0.3 is 18.9 Å². The molecule has 1 aromatic carbocycles. The molecule has 13 nitrogen and oxygen atoms in total. The molecular formula is C32H45LiN6O7. The van der Waals surface area contributed by atoms with Crippen LogP contribution in [0.5, 0.6) is 0 Å². The van der Waals surface area contributed by atoms with Gasteiger partial charge in [-0.2, -0.15) is 4.73 Å². The molecule has 2 aromatic rings. The molecule has 0 aliphatic carbocycles. The predicted octanol–water partition coefficient (Wildman–Crippen LogP) is -3.35. The Kier molecular flexibility index (Phi) is 14.0. The Morgan fingerprint density at radius 3 is 2.48 bits per heavy atom. The molecule has 3 heterocycles. The number of aliphatic carboxylic acids is 1. The van der Waals surface area contributed by atoms with E-state index >= 15 is 0 Å². The second kappa shape index (κ2) is 17.4. The molecule has 4 amide bonds. The summed E-state index contributed by atoms with van der Waals surface area (Å²) in [7, 11) is 1.54. The maximum absolute atomic E-state index is 14.0. The molecule has 2 aliphatic heterocycles. The standard InChI is InChI=1S/C32H46N6O7.Li/c1-4-20(2)28-32(44)37-16-10-8-14-26(37)31(43)34-23(12-7-9-15-33-18-27(39)40)29(41)35-24(30(42)36-28)17-21-19-38(45-3)25-13-6-5-11-22(21)25;/h5-6,11,13,19-20,23-24,26,28,33H,4,7-10,12,14-18H2,1-3H3,(H,34,43)(H,35,41)(H,36,42)(H,39,40);/q;+1/p-1/t20?,23-,24?,26+,28-;/m0./s1. The van der Waals surface area contributed by atoms with Crippen LogP contribution in [0.4, 0.5) is 0 Å². The number of aromatic nitrogens is 1. The van der Waals surface area contributed by atoms with E-state index in [1.54, 1.807) is 15.8 Å². The van der Waals surface area contributed by atoms with Crippen LogP contribution in [0.2, 0.25) is 0 Å². The third-order valence-electron chi connectivity index (χ3n) is 8.88. The number of carboxylic acid groups (broad SMARTS) is 1. The topological polar surface area (TPSA) is 174 Å². The number of nitrogens with zero attached hydrogens (tertiary/aromatic N) is 2. The first-order valence-corrected chi connectivity index (χ1v) is 15.9. The van der Waals surface area contributed by atoms with Crippen LogP contribution in [0.1, 0.15) is 64.4 Å². The molecule has 2 fully saturated rings. The fourth-order valence-corrected chi connectivity index (χ4v) is 6.14. The Morgan fingerprint density at radius 2 is 1.76 bits per heavy atom. The number of carbonyl (C=O) groups is 5. The van der Waals surface area contributed by atoms with E-state index in [0.717, 1.165) is 29.3 Å². The Hall–Kier alpha value is -3.53. The first kappa shape index (κ1) is 36.9. The fourth-order valence-electron chi connectivity index (χ4n) is 6.14. The van der Waals surface area contributed by atoms with Crippen molar-refractivity contribution in [2.75, 3.05) is 26.7 Å². The molecule has 14 heteroatoms. The van der Waals surface area contributed by atoms with Crippen LogP contribution in [0.25, 0.3) is 10.9 Å². The molecule has 2 unspecified atom stereocenters. The maximum atomic E-state index is 14.0. The summed E-state index contributed by atoms with van der Waals surface area (Å²) in [5, 5.41) is 23.0. The third kappa shape index (κ3) is 9.05. The van der Waals surface area contributed by atoms with Crippen LogP contribution in [-0.4, -0.2) is 90.1 Å². The van der Waals surface area contributed by atoms with E-state index in [1.807, 2.05) is 38.1 Å². The van der Waals surface area contributed by atoms with Crippen LogP contribution < -0.4 is 50.1 Å². The minimum atomic E-state index is -1.21. The van der Waals surface area contributed by atoms with Gasteiger partial charge in [0.15, 0.2) is 0 Å². The zero-order valence-electron chi connectivity index (χ0n) is 27.3. The van der Waals surface area contributed by atoms with Gasteiger partial charge in [-0.25, -0.2) is 0 Å². The smallest absolute Gasteiger partial charge is 0.549 e. The van der Waals surface area contributed by atoms with E-state index in [1.165, 1.54) is 7.11 Å². The summed E-state index contributed by atoms with van der Waals surface area (Å²) >= 11 is 0. The molecule has 0 bridgehead atoms. The molecule has 246 valence electrons. The Balaban J connectivity index is 0.00000576. The van der Waals surface area contributed by atoms with Gasteiger partial charge in [0, 0.05) is 31.1 Å². The van der Waals surface area contributed by atoms with Crippen LogP contribution in [0, 0.1) is 5.92 Å². The molecule has 1 aromatic heterocycles. The molecule has 2 aliphatic rings. The summed E-state index contributed by atoms with van der Waals surface area (Å²) in [6.45, 7) is 4.34. The predicted molar refractivity (Wildman–Crippen MR) is 164 cm³/mol. The van der Waals surface area contributed by atoms with Crippen molar-refractivity contribution in [3.05, 3.63) is 36.0 Å². The van der Waals surface area contributed by atoms with Gasteiger partial charge in [-0.1, -0.05) is 38.5 Å². The van der Waals surface area contributed by atoms with Crippen molar-refractivity contribution in [3.8, 4) is 0 Å². The van der Waals surface area contributed by atoms with Gasteiger partial charge in [0.05, 0.1) is 11.5 Å². The number of carbonyl (C=O) groups excluding carboxylic acids is 5. The fraction of sp³-hybridized carbons (Fsp3) is 0.594. The van der Waals surface area contributed by atoms with Crippen LogP contribution in [0.15, 0.2) is 30.5 Å². The normalized spacial score (nSPS) is 23.2. The summed E-state index contributed by atoms with van der Waals surface area (Å²) in [6.07, 6.45) is 5.80. The number of benzene rings is 1. The van der Waals surface area contributed by atoms with E-state index in [2.05, 4.69) is 21.3 Å². The Bertz CT molecular complexity index is 1380. The van der Waals surface area contributed by atoms with Crippen molar-refractivity contribution in [2.24, 2.45) is 5.92 Å². The van der Waals surface area contributed by atoms with Crippen molar-refractivity contribution < 1.29 is 52.8 Å². The first-order valence-electron chi connectivity index (χ1n) is 15.9. The first-order chi connectivity index (χ1) is 21.6. The second-order valence-corrected chi connectivity index (χ2v) is 12.0. The van der Waals surface area contributed by atoms with Crippen molar-refractivity contribution in [3.63, 3.8) is 0 Å². The molecule has 4 rings (SSSR count). The number of hydrogen-bond acceptors (Lipinski definition) is 8. The number of unbranched alkanes of at least 4 members (excludes halogenated alkanes) is 1. The van der Waals surface area contributed by atoms with Gasteiger partial charge in [-0.05, 0) is 62.6 Å². The molecule has 0 radical (unpaired) electrons. The molecule has 4 N–H and O–H groups in total. The largest absolute Gasteiger partial charge is 1.00 e. The minimum absolute atomic E-state index is 0. The number of hydrogen-bond donors (Lipinski definition) is 4.